The monoisotopic (exact) mass is 432 g/mol. The predicted molar refractivity (Wildman–Crippen MR) is 115 cm³/mol. The third kappa shape index (κ3) is 4.48. The average Bonchev–Trinajstić information content (AvgIpc) is 3.11. The van der Waals surface area contributed by atoms with Gasteiger partial charge >= 0.3 is 0 Å². The molecule has 0 unspecified atom stereocenters. The number of benzene rings is 1. The second kappa shape index (κ2) is 9.37. The summed E-state index contributed by atoms with van der Waals surface area (Å²) in [6, 6.07) is 5.18. The van der Waals surface area contributed by atoms with Gasteiger partial charge in [-0.2, -0.15) is 5.10 Å². The first-order chi connectivity index (χ1) is 14.6. The molecular formula is C22H29ClN4O3. The Kier molecular flexibility index (Phi) is 6.61. The van der Waals surface area contributed by atoms with Gasteiger partial charge in [0.25, 0.3) is 5.91 Å². The Morgan fingerprint density at radius 2 is 2.30 bits per heavy atom. The van der Waals surface area contributed by atoms with Crippen LogP contribution in [-0.4, -0.2) is 53.4 Å². The number of rotatable bonds is 6. The minimum Gasteiger partial charge on any atom is -0.496 e. The number of piperidine rings is 1. The number of amides is 1. The van der Waals surface area contributed by atoms with Crippen LogP contribution in [0.1, 0.15) is 47.1 Å². The fourth-order valence-corrected chi connectivity index (χ4v) is 4.59. The van der Waals surface area contributed by atoms with Crippen molar-refractivity contribution in [2.24, 2.45) is 0 Å². The molecule has 1 aromatic carbocycles. The molecule has 1 saturated heterocycles. The van der Waals surface area contributed by atoms with E-state index in [-0.39, 0.29) is 11.9 Å². The molecule has 1 atom stereocenters. The summed E-state index contributed by atoms with van der Waals surface area (Å²) in [5.41, 5.74) is 4.14. The van der Waals surface area contributed by atoms with Crippen LogP contribution in [0.25, 0.3) is 0 Å². The van der Waals surface area contributed by atoms with Gasteiger partial charge in [-0.05, 0) is 44.5 Å². The third-order valence-electron chi connectivity index (χ3n) is 5.90. The van der Waals surface area contributed by atoms with Gasteiger partial charge in [-0.15, -0.1) is 0 Å². The topological polar surface area (TPSA) is 68.6 Å². The van der Waals surface area contributed by atoms with Gasteiger partial charge in [-0.25, -0.2) is 0 Å². The van der Waals surface area contributed by atoms with E-state index < -0.39 is 0 Å². The quantitative estimate of drug-likeness (QED) is 0.759. The molecule has 0 spiro atoms. The van der Waals surface area contributed by atoms with Crippen molar-refractivity contribution in [2.45, 2.75) is 51.9 Å². The Bertz CT molecular complexity index is 914. The highest BCUT2D eigenvalue weighted by Crippen LogP contribution is 2.25. The van der Waals surface area contributed by atoms with Crippen molar-refractivity contribution in [3.8, 4) is 5.75 Å². The molecule has 0 radical (unpaired) electrons. The lowest BCUT2D eigenvalue weighted by Crippen LogP contribution is -2.47. The zero-order chi connectivity index (χ0) is 21.1. The van der Waals surface area contributed by atoms with Crippen molar-refractivity contribution in [3.05, 3.63) is 45.7 Å². The van der Waals surface area contributed by atoms with Gasteiger partial charge in [0, 0.05) is 48.4 Å². The molecule has 0 saturated carbocycles. The van der Waals surface area contributed by atoms with Gasteiger partial charge in [-0.3, -0.25) is 14.4 Å². The van der Waals surface area contributed by atoms with Crippen LogP contribution in [0.5, 0.6) is 5.75 Å². The molecule has 1 fully saturated rings. The van der Waals surface area contributed by atoms with Crippen LogP contribution in [0.3, 0.4) is 0 Å². The second-order valence-electron chi connectivity index (χ2n) is 7.88. The Hall–Kier alpha value is -2.09. The number of aryl methyl sites for hydroxylation is 1. The van der Waals surface area contributed by atoms with Crippen molar-refractivity contribution in [1.29, 1.82) is 0 Å². The second-order valence-corrected chi connectivity index (χ2v) is 8.32. The first kappa shape index (κ1) is 21.2. The fraction of sp³-hybridized carbons (Fsp3) is 0.545. The fourth-order valence-electron chi connectivity index (χ4n) is 4.42. The molecule has 8 heteroatoms. The highest BCUT2D eigenvalue weighted by atomic mass is 35.5. The van der Waals surface area contributed by atoms with E-state index >= 15 is 0 Å². The molecule has 1 aromatic heterocycles. The molecule has 2 aliphatic rings. The minimum atomic E-state index is -0.151. The van der Waals surface area contributed by atoms with Gasteiger partial charge in [-0.1, -0.05) is 11.6 Å². The number of likely N-dealkylation sites (tertiary alicyclic amines) is 1. The summed E-state index contributed by atoms with van der Waals surface area (Å²) in [7, 11) is 1.56. The van der Waals surface area contributed by atoms with Crippen LogP contribution >= 0.6 is 11.6 Å². The van der Waals surface area contributed by atoms with E-state index in [4.69, 9.17) is 26.2 Å². The molecular weight excluding hydrogens is 404 g/mol. The maximum Gasteiger partial charge on any atom is 0.255 e. The van der Waals surface area contributed by atoms with Crippen LogP contribution in [0.2, 0.25) is 5.02 Å². The largest absolute Gasteiger partial charge is 0.496 e. The molecule has 30 heavy (non-hydrogen) atoms. The van der Waals surface area contributed by atoms with E-state index in [1.165, 1.54) is 11.3 Å². The molecule has 3 heterocycles. The zero-order valence-electron chi connectivity index (χ0n) is 17.6. The van der Waals surface area contributed by atoms with Crippen LogP contribution in [0, 0.1) is 0 Å². The Morgan fingerprint density at radius 3 is 3.10 bits per heavy atom. The number of hydrogen-bond acceptors (Lipinski definition) is 5. The van der Waals surface area contributed by atoms with E-state index in [9.17, 15) is 4.79 Å². The number of fused-ring (bicyclic) bond motifs is 1. The predicted octanol–water partition coefficient (Wildman–Crippen LogP) is 3.03. The van der Waals surface area contributed by atoms with Crippen molar-refractivity contribution in [3.63, 3.8) is 0 Å². The summed E-state index contributed by atoms with van der Waals surface area (Å²) in [5, 5.41) is 8.53. The highest BCUT2D eigenvalue weighted by molar-refractivity contribution is 6.31. The number of carbonyl (C=O) groups excluding carboxylic acids is 1. The Balaban J connectivity index is 1.43. The third-order valence-corrected chi connectivity index (χ3v) is 6.13. The zero-order valence-corrected chi connectivity index (χ0v) is 18.4. The average molecular weight is 433 g/mol. The lowest BCUT2D eigenvalue weighted by molar-refractivity contribution is 0.0895. The molecule has 1 N–H and O–H groups in total. The van der Waals surface area contributed by atoms with Crippen LogP contribution in [0.4, 0.5) is 0 Å². The summed E-state index contributed by atoms with van der Waals surface area (Å²) < 4.78 is 13.1. The Labute approximate surface area is 182 Å². The lowest BCUT2D eigenvalue weighted by atomic mass is 10.0. The summed E-state index contributed by atoms with van der Waals surface area (Å²) in [6.45, 7) is 7.00. The maximum absolute atomic E-state index is 12.8. The van der Waals surface area contributed by atoms with Gasteiger partial charge in [0.05, 0.1) is 31.6 Å². The molecule has 4 rings (SSSR count). The van der Waals surface area contributed by atoms with Crippen LogP contribution in [0.15, 0.2) is 18.2 Å². The smallest absolute Gasteiger partial charge is 0.255 e. The maximum atomic E-state index is 12.8. The number of methoxy groups -OCH3 is 1. The highest BCUT2D eigenvalue weighted by Gasteiger charge is 2.26. The van der Waals surface area contributed by atoms with Gasteiger partial charge in [0.15, 0.2) is 0 Å². The number of nitrogens with one attached hydrogen (secondary N) is 1. The summed E-state index contributed by atoms with van der Waals surface area (Å²) in [4.78, 5) is 15.2. The number of aromatic nitrogens is 2. The Morgan fingerprint density at radius 1 is 1.43 bits per heavy atom. The van der Waals surface area contributed by atoms with Crippen molar-refractivity contribution >= 4 is 17.5 Å². The molecule has 0 aliphatic carbocycles. The molecule has 2 aliphatic heterocycles. The number of ether oxygens (including phenoxy) is 2. The SMILES string of the molecule is CCn1nc(CN2CCC[C@H](NC(=O)c3cc(Cl)ccc3OC)C2)c2c1CCOC2. The van der Waals surface area contributed by atoms with E-state index in [2.05, 4.69) is 21.8 Å². The standard InChI is InChI=1S/C22H29ClN4O3/c1-3-27-20-8-10-30-14-18(20)19(25-27)13-26-9-4-5-16(12-26)24-22(28)17-11-15(23)6-7-21(17)29-2/h6-7,11,16H,3-5,8-10,12-14H2,1-2H3,(H,24,28)/t16-/m0/s1. The lowest BCUT2D eigenvalue weighted by Gasteiger charge is -2.33. The number of nitrogens with zero attached hydrogens (tertiary/aromatic N) is 3. The first-order valence-corrected chi connectivity index (χ1v) is 11.0. The summed E-state index contributed by atoms with van der Waals surface area (Å²) >= 11 is 6.08. The minimum absolute atomic E-state index is 0.0790. The molecule has 0 bridgehead atoms. The summed E-state index contributed by atoms with van der Waals surface area (Å²) in [6.07, 6.45) is 2.91. The van der Waals surface area contributed by atoms with E-state index in [0.29, 0.717) is 22.9 Å². The first-order valence-electron chi connectivity index (χ1n) is 10.6. The van der Waals surface area contributed by atoms with E-state index in [0.717, 1.165) is 57.7 Å². The van der Waals surface area contributed by atoms with Crippen LogP contribution in [-0.2, 0) is 30.9 Å². The molecule has 162 valence electrons. The molecule has 1 amide bonds. The molecule has 7 nitrogen and oxygen atoms in total. The van der Waals surface area contributed by atoms with Crippen molar-refractivity contribution in [2.75, 3.05) is 26.8 Å². The van der Waals surface area contributed by atoms with E-state index in [1.54, 1.807) is 25.3 Å². The van der Waals surface area contributed by atoms with Crippen LogP contribution < -0.4 is 10.1 Å². The number of halogens is 1. The van der Waals surface area contributed by atoms with Gasteiger partial charge < -0.3 is 14.8 Å². The van der Waals surface area contributed by atoms with Crippen molar-refractivity contribution in [1.82, 2.24) is 20.0 Å². The van der Waals surface area contributed by atoms with E-state index in [1.807, 2.05) is 0 Å². The number of carbonyl (C=O) groups is 1. The number of hydrogen-bond donors (Lipinski definition) is 1. The normalized spacial score (nSPS) is 19.4. The van der Waals surface area contributed by atoms with Crippen molar-refractivity contribution < 1.29 is 14.3 Å². The molecule has 2 aromatic rings. The van der Waals surface area contributed by atoms with Gasteiger partial charge in [0.2, 0.25) is 0 Å². The summed E-state index contributed by atoms with van der Waals surface area (Å²) in [5.74, 6) is 0.378. The van der Waals surface area contributed by atoms with Gasteiger partial charge in [0.1, 0.15) is 5.75 Å².